The lowest BCUT2D eigenvalue weighted by Crippen LogP contribution is -2.63. The van der Waals surface area contributed by atoms with Crippen LogP contribution >= 0.6 is 0 Å². The minimum Gasteiger partial charge on any atom is -0.335 e. The van der Waals surface area contributed by atoms with E-state index >= 15 is 0 Å². The van der Waals surface area contributed by atoms with Crippen LogP contribution in [0.4, 0.5) is 0 Å². The summed E-state index contributed by atoms with van der Waals surface area (Å²) in [5.41, 5.74) is 0. The lowest BCUT2D eigenvalue weighted by Gasteiger charge is -2.39. The van der Waals surface area contributed by atoms with Crippen LogP contribution in [0.2, 0.25) is 0 Å². The third kappa shape index (κ3) is 3.55. The molecule has 28 heavy (non-hydrogen) atoms. The second kappa shape index (κ2) is 7.84. The zero-order valence-electron chi connectivity index (χ0n) is 16.1. The van der Waals surface area contributed by atoms with Crippen molar-refractivity contribution in [3.63, 3.8) is 0 Å². The lowest BCUT2D eigenvalue weighted by molar-refractivity contribution is -0.127. The van der Waals surface area contributed by atoms with Gasteiger partial charge in [-0.2, -0.15) is 0 Å². The summed E-state index contributed by atoms with van der Waals surface area (Å²) in [5.74, 6) is -0.174. The van der Waals surface area contributed by atoms with E-state index in [1.807, 2.05) is 30.3 Å². The summed E-state index contributed by atoms with van der Waals surface area (Å²) < 4.78 is 27.4. The molecule has 6 heteroatoms. The number of amides is 1. The Morgan fingerprint density at radius 1 is 1.00 bits per heavy atom. The molecule has 2 N–H and O–H groups in total. The van der Waals surface area contributed by atoms with E-state index < -0.39 is 14.7 Å². The van der Waals surface area contributed by atoms with Gasteiger partial charge in [0.1, 0.15) is 0 Å². The lowest BCUT2D eigenvalue weighted by atomic mass is 9.88. The molecule has 0 radical (unpaired) electrons. The summed E-state index contributed by atoms with van der Waals surface area (Å²) in [7, 11) is -3.74. The van der Waals surface area contributed by atoms with E-state index in [-0.39, 0.29) is 23.3 Å². The molecule has 0 aromatic heterocycles. The van der Waals surface area contributed by atoms with Crippen LogP contribution in [0.5, 0.6) is 0 Å². The van der Waals surface area contributed by atoms with Gasteiger partial charge in [0.25, 0.3) is 0 Å². The van der Waals surface area contributed by atoms with Crippen molar-refractivity contribution < 1.29 is 13.2 Å². The van der Waals surface area contributed by atoms with Crippen LogP contribution in [0, 0.1) is 5.92 Å². The van der Waals surface area contributed by atoms with Crippen molar-refractivity contribution in [3.05, 3.63) is 42.5 Å². The average Bonchev–Trinajstić information content (AvgIpc) is 2.74. The molecule has 0 bridgehead atoms. The molecule has 2 aliphatic rings. The number of sulfone groups is 1. The Morgan fingerprint density at radius 2 is 1.75 bits per heavy atom. The molecule has 2 aromatic carbocycles. The standard InChI is InChI=1S/C22H28N2O3S/c25-21(18-8-2-1-3-9-18)24-22(13-6-14-23-16-22)28(26,27)20-12-11-17-7-4-5-10-19(17)15-20/h4-5,7,10-12,15,18,23H,1-3,6,8-9,13-14,16H2,(H,24,25)/t22-/m1/s1. The molecule has 1 atom stereocenters. The number of carbonyl (C=O) groups excluding carboxylic acids is 1. The number of nitrogens with one attached hydrogen (secondary N) is 2. The molecule has 0 spiro atoms. The fourth-order valence-electron chi connectivity index (χ4n) is 4.53. The second-order valence-corrected chi connectivity index (χ2v) is 10.4. The summed E-state index contributed by atoms with van der Waals surface area (Å²) in [6.07, 6.45) is 6.11. The van der Waals surface area contributed by atoms with E-state index in [9.17, 15) is 13.2 Å². The maximum Gasteiger partial charge on any atom is 0.224 e. The van der Waals surface area contributed by atoms with Gasteiger partial charge in [-0.3, -0.25) is 4.79 Å². The van der Waals surface area contributed by atoms with Crippen LogP contribution in [0.25, 0.3) is 10.8 Å². The van der Waals surface area contributed by atoms with Crippen LogP contribution in [-0.4, -0.2) is 32.3 Å². The molecule has 2 fully saturated rings. The van der Waals surface area contributed by atoms with E-state index in [0.717, 1.165) is 55.8 Å². The van der Waals surface area contributed by atoms with Gasteiger partial charge in [-0.05, 0) is 55.1 Å². The first-order chi connectivity index (χ1) is 13.5. The Labute approximate surface area is 166 Å². The molecule has 1 saturated carbocycles. The minimum atomic E-state index is -3.74. The molecular weight excluding hydrogens is 372 g/mol. The molecule has 1 heterocycles. The van der Waals surface area contributed by atoms with Crippen molar-refractivity contribution >= 4 is 26.5 Å². The van der Waals surface area contributed by atoms with Gasteiger partial charge in [-0.15, -0.1) is 0 Å². The van der Waals surface area contributed by atoms with Gasteiger partial charge in [-0.1, -0.05) is 49.6 Å². The fraction of sp³-hybridized carbons (Fsp3) is 0.500. The third-order valence-electron chi connectivity index (χ3n) is 6.22. The Bertz CT molecular complexity index is 959. The highest BCUT2D eigenvalue weighted by molar-refractivity contribution is 7.92. The molecule has 1 saturated heterocycles. The summed E-state index contributed by atoms with van der Waals surface area (Å²) in [6.45, 7) is 1.02. The third-order valence-corrected chi connectivity index (χ3v) is 8.57. The normalized spacial score (nSPS) is 24.1. The van der Waals surface area contributed by atoms with E-state index in [4.69, 9.17) is 0 Å². The first-order valence-electron chi connectivity index (χ1n) is 10.3. The van der Waals surface area contributed by atoms with Crippen molar-refractivity contribution in [2.45, 2.75) is 54.7 Å². The van der Waals surface area contributed by atoms with Gasteiger partial charge >= 0.3 is 0 Å². The summed E-state index contributed by atoms with van der Waals surface area (Å²) in [6, 6.07) is 13.0. The van der Waals surface area contributed by atoms with Crippen molar-refractivity contribution in [1.29, 1.82) is 0 Å². The van der Waals surface area contributed by atoms with Crippen LogP contribution in [-0.2, 0) is 14.6 Å². The number of fused-ring (bicyclic) bond motifs is 1. The first kappa shape index (κ1) is 19.4. The van der Waals surface area contributed by atoms with Gasteiger partial charge in [0.2, 0.25) is 15.7 Å². The maximum atomic E-state index is 13.7. The van der Waals surface area contributed by atoms with Gasteiger partial charge in [0, 0.05) is 12.5 Å². The van der Waals surface area contributed by atoms with E-state index in [1.54, 1.807) is 12.1 Å². The van der Waals surface area contributed by atoms with Crippen molar-refractivity contribution in [2.75, 3.05) is 13.1 Å². The van der Waals surface area contributed by atoms with Crippen LogP contribution in [0.1, 0.15) is 44.9 Å². The number of hydrogen-bond acceptors (Lipinski definition) is 4. The van der Waals surface area contributed by atoms with E-state index in [2.05, 4.69) is 10.6 Å². The molecule has 1 aliphatic carbocycles. The van der Waals surface area contributed by atoms with Crippen molar-refractivity contribution in [1.82, 2.24) is 10.6 Å². The molecule has 2 aromatic rings. The molecule has 5 nitrogen and oxygen atoms in total. The average molecular weight is 401 g/mol. The number of rotatable bonds is 4. The maximum absolute atomic E-state index is 13.7. The minimum absolute atomic E-state index is 0.0700. The molecule has 150 valence electrons. The monoisotopic (exact) mass is 400 g/mol. The highest BCUT2D eigenvalue weighted by Crippen LogP contribution is 2.33. The number of piperidine rings is 1. The van der Waals surface area contributed by atoms with Gasteiger partial charge < -0.3 is 10.6 Å². The topological polar surface area (TPSA) is 75.3 Å². The van der Waals surface area contributed by atoms with Gasteiger partial charge in [0.05, 0.1) is 4.90 Å². The van der Waals surface area contributed by atoms with Gasteiger partial charge in [0.15, 0.2) is 4.87 Å². The number of hydrogen-bond donors (Lipinski definition) is 2. The smallest absolute Gasteiger partial charge is 0.224 e. The van der Waals surface area contributed by atoms with E-state index in [1.165, 1.54) is 0 Å². The molecule has 1 amide bonds. The highest BCUT2D eigenvalue weighted by atomic mass is 32.2. The Morgan fingerprint density at radius 3 is 2.46 bits per heavy atom. The van der Waals surface area contributed by atoms with Crippen LogP contribution in [0.15, 0.2) is 47.4 Å². The summed E-state index contributed by atoms with van der Waals surface area (Å²) >= 11 is 0. The number of benzene rings is 2. The predicted octanol–water partition coefficient (Wildman–Crippen LogP) is 3.39. The molecule has 4 rings (SSSR count). The molecule has 1 aliphatic heterocycles. The zero-order valence-corrected chi connectivity index (χ0v) is 16.9. The second-order valence-electron chi connectivity index (χ2n) is 8.11. The Hall–Kier alpha value is -1.92. The molecule has 0 unspecified atom stereocenters. The summed E-state index contributed by atoms with van der Waals surface area (Å²) in [5, 5.41) is 8.10. The quantitative estimate of drug-likeness (QED) is 0.825. The largest absolute Gasteiger partial charge is 0.335 e. The summed E-state index contributed by atoms with van der Waals surface area (Å²) in [4.78, 5) is 12.0. The van der Waals surface area contributed by atoms with Gasteiger partial charge in [-0.25, -0.2) is 8.42 Å². The molecular formula is C22H28N2O3S. The zero-order chi connectivity index (χ0) is 19.6. The fourth-order valence-corrected chi connectivity index (χ4v) is 6.45. The van der Waals surface area contributed by atoms with Crippen LogP contribution < -0.4 is 10.6 Å². The van der Waals surface area contributed by atoms with Crippen molar-refractivity contribution in [3.8, 4) is 0 Å². The first-order valence-corrected chi connectivity index (χ1v) is 11.8. The number of carbonyl (C=O) groups is 1. The van der Waals surface area contributed by atoms with Crippen LogP contribution in [0.3, 0.4) is 0 Å². The SMILES string of the molecule is O=C(N[C@@]1(S(=O)(=O)c2ccc3ccccc3c2)CCCNC1)C1CCCCC1. The Balaban J connectivity index is 1.69. The van der Waals surface area contributed by atoms with E-state index in [0.29, 0.717) is 6.42 Å². The Kier molecular flexibility index (Phi) is 5.43. The van der Waals surface area contributed by atoms with Crippen molar-refractivity contribution in [2.24, 2.45) is 5.92 Å². The highest BCUT2D eigenvalue weighted by Gasteiger charge is 2.47. The predicted molar refractivity (Wildman–Crippen MR) is 111 cm³/mol.